The van der Waals surface area contributed by atoms with Gasteiger partial charge in [0.25, 0.3) is 0 Å². The largest absolute Gasteiger partial charge is 0.497 e. The second kappa shape index (κ2) is 6.80. The van der Waals surface area contributed by atoms with E-state index < -0.39 is 0 Å². The van der Waals surface area contributed by atoms with E-state index in [2.05, 4.69) is 24.4 Å². The number of rotatable bonds is 5. The topological polar surface area (TPSA) is 47.3 Å². The molecule has 1 unspecified atom stereocenters. The molecule has 1 aliphatic rings. The third-order valence-corrected chi connectivity index (χ3v) is 4.33. The Kier molecular flexibility index (Phi) is 5.08. The molecule has 0 amide bonds. The monoisotopic (exact) mass is 262 g/mol. The molecule has 1 aromatic rings. The molecule has 0 radical (unpaired) electrons. The molecule has 19 heavy (non-hydrogen) atoms. The summed E-state index contributed by atoms with van der Waals surface area (Å²) < 4.78 is 5.18. The first-order chi connectivity index (χ1) is 9.22. The minimum atomic E-state index is 0.390. The normalized spacial score (nSPS) is 24.8. The molecule has 0 aliphatic heterocycles. The highest BCUT2D eigenvalue weighted by molar-refractivity contribution is 5.47. The average molecular weight is 262 g/mol. The lowest BCUT2D eigenvalue weighted by Gasteiger charge is -2.33. The highest BCUT2D eigenvalue weighted by Crippen LogP contribution is 2.31. The fraction of sp³-hybridized carbons (Fsp3) is 0.625. The molecule has 1 saturated carbocycles. The summed E-state index contributed by atoms with van der Waals surface area (Å²) in [4.78, 5) is 0. The van der Waals surface area contributed by atoms with Gasteiger partial charge in [-0.25, -0.2) is 0 Å². The van der Waals surface area contributed by atoms with Crippen molar-refractivity contribution in [2.75, 3.05) is 19.0 Å². The maximum Gasteiger partial charge on any atom is 0.119 e. The van der Waals surface area contributed by atoms with Gasteiger partial charge in [0.05, 0.1) is 7.11 Å². The maximum atomic E-state index is 5.95. The number of hydrogen-bond acceptors (Lipinski definition) is 3. The van der Waals surface area contributed by atoms with Crippen molar-refractivity contribution in [3.05, 3.63) is 24.3 Å². The number of anilines is 1. The van der Waals surface area contributed by atoms with Crippen LogP contribution in [-0.4, -0.2) is 19.7 Å². The molecule has 1 fully saturated rings. The smallest absolute Gasteiger partial charge is 0.119 e. The molecule has 1 aromatic carbocycles. The summed E-state index contributed by atoms with van der Waals surface area (Å²) in [6, 6.07) is 8.48. The van der Waals surface area contributed by atoms with Crippen LogP contribution in [0, 0.1) is 11.8 Å². The predicted molar refractivity (Wildman–Crippen MR) is 80.6 cm³/mol. The van der Waals surface area contributed by atoms with E-state index in [0.29, 0.717) is 18.5 Å². The van der Waals surface area contributed by atoms with Crippen molar-refractivity contribution < 1.29 is 4.74 Å². The molecule has 3 heteroatoms. The molecule has 3 nitrogen and oxygen atoms in total. The fourth-order valence-corrected chi connectivity index (χ4v) is 2.96. The first kappa shape index (κ1) is 14.2. The summed E-state index contributed by atoms with van der Waals surface area (Å²) in [5.74, 6) is 2.49. The van der Waals surface area contributed by atoms with Crippen LogP contribution in [-0.2, 0) is 0 Å². The number of ether oxygens (including phenoxy) is 1. The van der Waals surface area contributed by atoms with Crippen LogP contribution in [0.1, 0.15) is 32.6 Å². The van der Waals surface area contributed by atoms with E-state index in [1.54, 1.807) is 7.11 Å². The molecule has 106 valence electrons. The molecule has 1 aliphatic carbocycles. The van der Waals surface area contributed by atoms with Gasteiger partial charge in [0.15, 0.2) is 0 Å². The quantitative estimate of drug-likeness (QED) is 0.856. The first-order valence-electron chi connectivity index (χ1n) is 7.33. The van der Waals surface area contributed by atoms with Crippen molar-refractivity contribution in [3.63, 3.8) is 0 Å². The standard InChI is InChI=1S/C16H26N2O/c1-12-3-5-13(6-4-12)16(11-17)18-14-7-9-15(19-2)10-8-14/h7-10,12-13,16,18H,3-6,11,17H2,1-2H3. The zero-order valence-electron chi connectivity index (χ0n) is 12.1. The van der Waals surface area contributed by atoms with Crippen LogP contribution in [0.4, 0.5) is 5.69 Å². The van der Waals surface area contributed by atoms with E-state index in [9.17, 15) is 0 Å². The van der Waals surface area contributed by atoms with Gasteiger partial charge in [-0.05, 0) is 48.9 Å². The fourth-order valence-electron chi connectivity index (χ4n) is 2.96. The SMILES string of the molecule is COc1ccc(NC(CN)C2CCC(C)CC2)cc1. The molecule has 0 saturated heterocycles. The van der Waals surface area contributed by atoms with Crippen LogP contribution >= 0.6 is 0 Å². The average Bonchev–Trinajstić information content (AvgIpc) is 2.46. The van der Waals surface area contributed by atoms with Crippen LogP contribution in [0.2, 0.25) is 0 Å². The number of methoxy groups -OCH3 is 1. The van der Waals surface area contributed by atoms with Crippen LogP contribution in [0.25, 0.3) is 0 Å². The van der Waals surface area contributed by atoms with Gasteiger partial charge < -0.3 is 15.8 Å². The Labute approximate surface area is 116 Å². The van der Waals surface area contributed by atoms with Gasteiger partial charge in [-0.15, -0.1) is 0 Å². The Bertz CT molecular complexity index is 369. The minimum Gasteiger partial charge on any atom is -0.497 e. The lowest BCUT2D eigenvalue weighted by Crippen LogP contribution is -2.38. The Balaban J connectivity index is 1.94. The van der Waals surface area contributed by atoms with E-state index >= 15 is 0 Å². The van der Waals surface area contributed by atoms with Crippen molar-refractivity contribution in [1.82, 2.24) is 0 Å². The van der Waals surface area contributed by atoms with Crippen molar-refractivity contribution in [2.45, 2.75) is 38.6 Å². The highest BCUT2D eigenvalue weighted by atomic mass is 16.5. The van der Waals surface area contributed by atoms with Gasteiger partial charge in [-0.3, -0.25) is 0 Å². The summed E-state index contributed by atoms with van der Waals surface area (Å²) in [6.45, 7) is 3.05. The van der Waals surface area contributed by atoms with Crippen LogP contribution in [0.5, 0.6) is 5.75 Å². The van der Waals surface area contributed by atoms with Crippen molar-refractivity contribution in [1.29, 1.82) is 0 Å². The molecule has 1 atom stereocenters. The number of nitrogens with two attached hydrogens (primary N) is 1. The summed E-state index contributed by atoms with van der Waals surface area (Å²) in [7, 11) is 1.69. The molecule has 3 N–H and O–H groups in total. The molecule has 0 spiro atoms. The molecule has 2 rings (SSSR count). The zero-order valence-corrected chi connectivity index (χ0v) is 12.1. The Morgan fingerprint density at radius 1 is 1.21 bits per heavy atom. The molecular weight excluding hydrogens is 236 g/mol. The zero-order chi connectivity index (χ0) is 13.7. The lowest BCUT2D eigenvalue weighted by molar-refractivity contribution is 0.265. The van der Waals surface area contributed by atoms with E-state index in [0.717, 1.165) is 17.4 Å². The lowest BCUT2D eigenvalue weighted by atomic mass is 9.79. The van der Waals surface area contributed by atoms with Crippen LogP contribution in [0.15, 0.2) is 24.3 Å². The minimum absolute atomic E-state index is 0.390. The number of benzene rings is 1. The third-order valence-electron chi connectivity index (χ3n) is 4.33. The summed E-state index contributed by atoms with van der Waals surface area (Å²) >= 11 is 0. The van der Waals surface area contributed by atoms with Gasteiger partial charge in [0, 0.05) is 18.3 Å². The third kappa shape index (κ3) is 3.87. The molecule has 0 aromatic heterocycles. The number of nitrogens with one attached hydrogen (secondary N) is 1. The van der Waals surface area contributed by atoms with Crippen molar-refractivity contribution in [2.24, 2.45) is 17.6 Å². The summed E-state index contributed by atoms with van der Waals surface area (Å²) in [6.07, 6.45) is 5.27. The summed E-state index contributed by atoms with van der Waals surface area (Å²) in [5, 5.41) is 3.58. The van der Waals surface area contributed by atoms with Gasteiger partial charge in [-0.2, -0.15) is 0 Å². The van der Waals surface area contributed by atoms with Gasteiger partial charge in [0.2, 0.25) is 0 Å². The highest BCUT2D eigenvalue weighted by Gasteiger charge is 2.25. The van der Waals surface area contributed by atoms with Crippen molar-refractivity contribution >= 4 is 5.69 Å². The van der Waals surface area contributed by atoms with Crippen LogP contribution < -0.4 is 15.8 Å². The molecular formula is C16H26N2O. The van der Waals surface area contributed by atoms with Gasteiger partial charge in [-0.1, -0.05) is 19.8 Å². The second-order valence-electron chi connectivity index (χ2n) is 5.73. The Morgan fingerprint density at radius 3 is 2.37 bits per heavy atom. The van der Waals surface area contributed by atoms with Crippen LogP contribution in [0.3, 0.4) is 0 Å². The van der Waals surface area contributed by atoms with Gasteiger partial charge in [0.1, 0.15) is 5.75 Å². The molecule has 0 heterocycles. The van der Waals surface area contributed by atoms with E-state index in [4.69, 9.17) is 10.5 Å². The Hall–Kier alpha value is -1.22. The Morgan fingerprint density at radius 2 is 1.84 bits per heavy atom. The molecule has 0 bridgehead atoms. The van der Waals surface area contributed by atoms with Gasteiger partial charge >= 0.3 is 0 Å². The van der Waals surface area contributed by atoms with Crippen molar-refractivity contribution in [3.8, 4) is 5.75 Å². The number of hydrogen-bond donors (Lipinski definition) is 2. The predicted octanol–water partition coefficient (Wildman–Crippen LogP) is 3.26. The van der Waals surface area contributed by atoms with E-state index in [-0.39, 0.29) is 0 Å². The van der Waals surface area contributed by atoms with E-state index in [1.807, 2.05) is 12.1 Å². The van der Waals surface area contributed by atoms with E-state index in [1.165, 1.54) is 25.7 Å². The second-order valence-corrected chi connectivity index (χ2v) is 5.73. The summed E-state index contributed by atoms with van der Waals surface area (Å²) in [5.41, 5.74) is 7.09. The maximum absolute atomic E-state index is 5.95. The first-order valence-corrected chi connectivity index (χ1v) is 7.33.